The number of rotatable bonds is 4. The third-order valence-electron chi connectivity index (χ3n) is 2.10. The molecule has 0 fully saturated rings. The van der Waals surface area contributed by atoms with Gasteiger partial charge >= 0.3 is 0 Å². The van der Waals surface area contributed by atoms with Crippen LogP contribution in [0, 0.1) is 0 Å². The summed E-state index contributed by atoms with van der Waals surface area (Å²) in [7, 11) is 0. The molecule has 0 aliphatic heterocycles. The molecule has 1 rings (SSSR count). The van der Waals surface area contributed by atoms with Crippen molar-refractivity contribution in [3.8, 4) is 0 Å². The van der Waals surface area contributed by atoms with Gasteiger partial charge in [-0.15, -0.1) is 11.6 Å². The molecule has 0 aliphatic rings. The molecule has 0 saturated carbocycles. The lowest BCUT2D eigenvalue weighted by atomic mass is 10.2. The second kappa shape index (κ2) is 6.33. The van der Waals surface area contributed by atoms with Gasteiger partial charge in [0.15, 0.2) is 0 Å². The summed E-state index contributed by atoms with van der Waals surface area (Å²) in [6.45, 7) is 1.90. The highest BCUT2D eigenvalue weighted by Crippen LogP contribution is 2.22. The minimum absolute atomic E-state index is 0.0412. The molecule has 0 heterocycles. The molecule has 88 valence electrons. The quantitative estimate of drug-likeness (QED) is 0.836. The summed E-state index contributed by atoms with van der Waals surface area (Å²) in [5.41, 5.74) is 0.496. The van der Waals surface area contributed by atoms with Crippen LogP contribution in [0.25, 0.3) is 0 Å². The van der Waals surface area contributed by atoms with Crippen LogP contribution in [0.1, 0.15) is 23.7 Å². The van der Waals surface area contributed by atoms with Crippen LogP contribution in [-0.2, 0) is 0 Å². The summed E-state index contributed by atoms with van der Waals surface area (Å²) >= 11 is 17.2. The highest BCUT2D eigenvalue weighted by atomic mass is 35.5. The average Bonchev–Trinajstić information content (AvgIpc) is 2.22. The third kappa shape index (κ3) is 3.85. The largest absolute Gasteiger partial charge is 0.350 e. The summed E-state index contributed by atoms with van der Waals surface area (Å²) < 4.78 is 0. The lowest BCUT2D eigenvalue weighted by Crippen LogP contribution is -2.32. The van der Waals surface area contributed by atoms with Crippen molar-refractivity contribution in [2.45, 2.75) is 19.4 Å². The summed E-state index contributed by atoms with van der Waals surface area (Å²) in [5, 5.41) is 3.63. The number of benzene rings is 1. The lowest BCUT2D eigenvalue weighted by Gasteiger charge is -2.12. The second-order valence-electron chi connectivity index (χ2n) is 3.48. The van der Waals surface area contributed by atoms with Crippen molar-refractivity contribution < 1.29 is 4.79 Å². The van der Waals surface area contributed by atoms with Crippen LogP contribution in [0.15, 0.2) is 18.2 Å². The van der Waals surface area contributed by atoms with E-state index in [1.807, 2.05) is 6.92 Å². The van der Waals surface area contributed by atoms with Crippen LogP contribution in [0.2, 0.25) is 10.0 Å². The van der Waals surface area contributed by atoms with Crippen LogP contribution < -0.4 is 5.32 Å². The summed E-state index contributed by atoms with van der Waals surface area (Å²) in [6, 6.07) is 4.83. The van der Waals surface area contributed by atoms with Crippen molar-refractivity contribution in [1.82, 2.24) is 5.32 Å². The molecule has 0 aliphatic carbocycles. The Hall–Kier alpha value is -0.440. The molecule has 1 N–H and O–H groups in total. The molecule has 1 amide bonds. The minimum atomic E-state index is -0.170. The molecule has 1 aromatic rings. The number of hydrogen-bond acceptors (Lipinski definition) is 1. The molecule has 0 spiro atoms. The Morgan fingerprint density at radius 3 is 2.62 bits per heavy atom. The van der Waals surface area contributed by atoms with E-state index in [1.165, 1.54) is 0 Å². The fourth-order valence-corrected chi connectivity index (χ4v) is 1.81. The van der Waals surface area contributed by atoms with Gasteiger partial charge in [-0.25, -0.2) is 0 Å². The highest BCUT2D eigenvalue weighted by molar-refractivity contribution is 6.42. The SMILES string of the molecule is CC(CCCl)NC(=O)c1ccc(Cl)c(Cl)c1. The monoisotopic (exact) mass is 279 g/mol. The van der Waals surface area contributed by atoms with Crippen LogP contribution >= 0.6 is 34.8 Å². The number of nitrogens with one attached hydrogen (secondary N) is 1. The molecule has 0 bridgehead atoms. The lowest BCUT2D eigenvalue weighted by molar-refractivity contribution is 0.0939. The molecular formula is C11H12Cl3NO. The molecule has 1 unspecified atom stereocenters. The van der Waals surface area contributed by atoms with E-state index in [0.717, 1.165) is 6.42 Å². The van der Waals surface area contributed by atoms with Gasteiger partial charge in [0.05, 0.1) is 10.0 Å². The fourth-order valence-electron chi connectivity index (χ4n) is 1.18. The third-order valence-corrected chi connectivity index (χ3v) is 3.06. The Morgan fingerprint density at radius 2 is 2.06 bits per heavy atom. The van der Waals surface area contributed by atoms with Gasteiger partial charge in [-0.2, -0.15) is 0 Å². The van der Waals surface area contributed by atoms with Crippen LogP contribution in [0.4, 0.5) is 0 Å². The van der Waals surface area contributed by atoms with E-state index in [9.17, 15) is 4.79 Å². The van der Waals surface area contributed by atoms with Gasteiger partial charge in [0, 0.05) is 17.5 Å². The summed E-state index contributed by atoms with van der Waals surface area (Å²) in [5.74, 6) is 0.346. The first-order chi connectivity index (χ1) is 7.54. The van der Waals surface area contributed by atoms with Gasteiger partial charge in [-0.1, -0.05) is 23.2 Å². The number of alkyl halides is 1. The van der Waals surface area contributed by atoms with E-state index in [4.69, 9.17) is 34.8 Å². The molecule has 16 heavy (non-hydrogen) atoms. The summed E-state index contributed by atoms with van der Waals surface area (Å²) in [4.78, 5) is 11.7. The van der Waals surface area contributed by atoms with Crippen LogP contribution in [-0.4, -0.2) is 17.8 Å². The minimum Gasteiger partial charge on any atom is -0.350 e. The standard InChI is InChI=1S/C11H12Cl3NO/c1-7(4-5-12)15-11(16)8-2-3-9(13)10(14)6-8/h2-3,6-7H,4-5H2,1H3,(H,15,16). The number of carbonyl (C=O) groups excluding carboxylic acids is 1. The molecule has 0 saturated heterocycles. The number of halogens is 3. The Kier molecular flexibility index (Phi) is 5.39. The van der Waals surface area contributed by atoms with Crippen molar-refractivity contribution in [3.05, 3.63) is 33.8 Å². The maximum atomic E-state index is 11.7. The van der Waals surface area contributed by atoms with Gasteiger partial charge in [0.2, 0.25) is 0 Å². The Labute approximate surface area is 110 Å². The van der Waals surface area contributed by atoms with E-state index in [2.05, 4.69) is 5.32 Å². The van der Waals surface area contributed by atoms with E-state index in [-0.39, 0.29) is 11.9 Å². The molecule has 1 atom stereocenters. The molecule has 2 nitrogen and oxygen atoms in total. The highest BCUT2D eigenvalue weighted by Gasteiger charge is 2.10. The van der Waals surface area contributed by atoms with E-state index in [1.54, 1.807) is 18.2 Å². The van der Waals surface area contributed by atoms with Gasteiger partial charge < -0.3 is 5.32 Å². The Bertz CT molecular complexity index is 381. The first-order valence-corrected chi connectivity index (χ1v) is 6.15. The first kappa shape index (κ1) is 13.6. The Balaban J connectivity index is 2.69. The molecular weight excluding hydrogens is 268 g/mol. The normalized spacial score (nSPS) is 12.2. The van der Waals surface area contributed by atoms with Gasteiger partial charge in [-0.3, -0.25) is 4.79 Å². The van der Waals surface area contributed by atoms with Gasteiger partial charge in [0.1, 0.15) is 0 Å². The predicted octanol–water partition coefficient (Wildman–Crippen LogP) is 3.74. The van der Waals surface area contributed by atoms with Crippen LogP contribution in [0.5, 0.6) is 0 Å². The van der Waals surface area contributed by atoms with E-state index >= 15 is 0 Å². The smallest absolute Gasteiger partial charge is 0.251 e. The van der Waals surface area contributed by atoms with Crippen molar-refractivity contribution >= 4 is 40.7 Å². The predicted molar refractivity (Wildman–Crippen MR) is 68.7 cm³/mol. The van der Waals surface area contributed by atoms with Gasteiger partial charge in [0.25, 0.3) is 5.91 Å². The molecule has 0 radical (unpaired) electrons. The molecule has 0 aromatic heterocycles. The van der Waals surface area contributed by atoms with Crippen molar-refractivity contribution in [2.24, 2.45) is 0 Å². The zero-order chi connectivity index (χ0) is 12.1. The molecule has 1 aromatic carbocycles. The topological polar surface area (TPSA) is 29.1 Å². The number of carbonyl (C=O) groups is 1. The second-order valence-corrected chi connectivity index (χ2v) is 4.67. The van der Waals surface area contributed by atoms with Gasteiger partial charge in [-0.05, 0) is 31.5 Å². The van der Waals surface area contributed by atoms with Crippen LogP contribution in [0.3, 0.4) is 0 Å². The summed E-state index contributed by atoms with van der Waals surface area (Å²) in [6.07, 6.45) is 0.731. The molecule has 5 heteroatoms. The Morgan fingerprint density at radius 1 is 1.38 bits per heavy atom. The first-order valence-electron chi connectivity index (χ1n) is 4.86. The number of hydrogen-bond donors (Lipinski definition) is 1. The maximum Gasteiger partial charge on any atom is 0.251 e. The van der Waals surface area contributed by atoms with E-state index < -0.39 is 0 Å². The van der Waals surface area contributed by atoms with Crippen molar-refractivity contribution in [2.75, 3.05) is 5.88 Å². The van der Waals surface area contributed by atoms with E-state index in [0.29, 0.717) is 21.5 Å². The van der Waals surface area contributed by atoms with Crippen molar-refractivity contribution in [3.63, 3.8) is 0 Å². The zero-order valence-corrected chi connectivity index (χ0v) is 11.0. The zero-order valence-electron chi connectivity index (χ0n) is 8.77. The van der Waals surface area contributed by atoms with Crippen molar-refractivity contribution in [1.29, 1.82) is 0 Å². The average molecular weight is 281 g/mol. The fraction of sp³-hybridized carbons (Fsp3) is 0.364. The maximum absolute atomic E-state index is 11.7. The number of amides is 1.